The summed E-state index contributed by atoms with van der Waals surface area (Å²) in [6.45, 7) is 5.89. The Morgan fingerprint density at radius 1 is 1.14 bits per heavy atom. The summed E-state index contributed by atoms with van der Waals surface area (Å²) in [5.74, 6) is -0.463. The number of benzene rings is 1. The van der Waals surface area contributed by atoms with Crippen LogP contribution in [0, 0.1) is 20.8 Å². The van der Waals surface area contributed by atoms with Crippen LogP contribution >= 0.6 is 11.3 Å². The van der Waals surface area contributed by atoms with E-state index in [0.717, 1.165) is 5.56 Å². The monoisotopic (exact) mass is 397 g/mol. The number of H-pyrrole nitrogens is 1. The smallest absolute Gasteiger partial charge is 0.339 e. The minimum absolute atomic E-state index is 0.0376. The van der Waals surface area contributed by atoms with Crippen molar-refractivity contribution in [3.8, 4) is 0 Å². The van der Waals surface area contributed by atoms with E-state index in [2.05, 4.69) is 42.2 Å². The van der Waals surface area contributed by atoms with Gasteiger partial charge in [-0.25, -0.2) is 4.79 Å². The van der Waals surface area contributed by atoms with E-state index in [1.54, 1.807) is 25.2 Å². The van der Waals surface area contributed by atoms with E-state index in [-0.39, 0.29) is 18.4 Å². The second kappa shape index (κ2) is 8.54. The Morgan fingerprint density at radius 3 is 2.46 bits per heavy atom. The molecule has 0 unspecified atom stereocenters. The number of rotatable bonds is 7. The number of aryl methyl sites for hydroxylation is 2. The van der Waals surface area contributed by atoms with Crippen LogP contribution in [0.1, 0.15) is 54.1 Å². The Morgan fingerprint density at radius 2 is 1.86 bits per heavy atom. The zero-order chi connectivity index (χ0) is 20.3. The van der Waals surface area contributed by atoms with Crippen molar-refractivity contribution in [2.24, 2.45) is 0 Å². The molecule has 0 amide bonds. The van der Waals surface area contributed by atoms with Crippen molar-refractivity contribution in [2.45, 2.75) is 26.8 Å². The van der Waals surface area contributed by atoms with Gasteiger partial charge < -0.3 is 15.0 Å². The molecule has 28 heavy (non-hydrogen) atoms. The lowest BCUT2D eigenvalue weighted by atomic mass is 10.0. The van der Waals surface area contributed by atoms with Crippen LogP contribution in [0.2, 0.25) is 0 Å². The number of carbonyl (C=O) groups excluding carboxylic acids is 2. The highest BCUT2D eigenvalue weighted by Crippen LogP contribution is 2.23. The number of ketones is 1. The highest BCUT2D eigenvalue weighted by Gasteiger charge is 2.25. The maximum Gasteiger partial charge on any atom is 0.339 e. The summed E-state index contributed by atoms with van der Waals surface area (Å²) in [5, 5.41) is 4.10. The van der Waals surface area contributed by atoms with E-state index in [1.165, 1.54) is 17.6 Å². The van der Waals surface area contributed by atoms with Gasteiger partial charge in [-0.3, -0.25) is 4.79 Å². The molecule has 0 spiro atoms. The number of hydrogen-bond donors (Lipinski definition) is 2. The van der Waals surface area contributed by atoms with Crippen molar-refractivity contribution >= 4 is 23.1 Å². The number of esters is 1. The van der Waals surface area contributed by atoms with Gasteiger partial charge in [0.2, 0.25) is 5.78 Å². The van der Waals surface area contributed by atoms with E-state index in [0.29, 0.717) is 22.5 Å². The lowest BCUT2D eigenvalue weighted by molar-refractivity contribution is -0.675. The van der Waals surface area contributed by atoms with E-state index in [4.69, 9.17) is 4.74 Å². The van der Waals surface area contributed by atoms with Crippen LogP contribution in [-0.2, 0) is 4.74 Å². The van der Waals surface area contributed by atoms with Gasteiger partial charge in [0.1, 0.15) is 12.6 Å². The molecule has 146 valence electrons. The Labute approximate surface area is 168 Å². The zero-order valence-corrected chi connectivity index (χ0v) is 17.4. The summed E-state index contributed by atoms with van der Waals surface area (Å²) in [5.41, 5.74) is 4.59. The van der Waals surface area contributed by atoms with Crippen LogP contribution in [0.4, 0.5) is 0 Å². The normalized spacial score (nSPS) is 12.0. The SMILES string of the molecule is COC(=O)c1c(C)[nH]c(C(=O)C[NH2+][C@@H](c2ccc(C)cc2)c2cccs2)c1C. The molecule has 3 N–H and O–H groups in total. The maximum atomic E-state index is 12.9. The van der Waals surface area contributed by atoms with Gasteiger partial charge in [-0.15, -0.1) is 11.3 Å². The molecule has 6 heteroatoms. The third-order valence-electron chi connectivity index (χ3n) is 4.93. The van der Waals surface area contributed by atoms with Gasteiger partial charge in [0.15, 0.2) is 0 Å². The quantitative estimate of drug-likeness (QED) is 0.474. The molecule has 0 saturated heterocycles. The van der Waals surface area contributed by atoms with Crippen LogP contribution < -0.4 is 5.32 Å². The first-order chi connectivity index (χ1) is 13.4. The summed E-state index contributed by atoms with van der Waals surface area (Å²) in [7, 11) is 1.34. The van der Waals surface area contributed by atoms with E-state index in [9.17, 15) is 9.59 Å². The largest absolute Gasteiger partial charge is 0.465 e. The van der Waals surface area contributed by atoms with Gasteiger partial charge in [-0.1, -0.05) is 35.9 Å². The molecule has 0 aliphatic heterocycles. The number of ether oxygens (including phenoxy) is 1. The maximum absolute atomic E-state index is 12.9. The molecule has 1 atom stereocenters. The second-order valence-electron chi connectivity index (χ2n) is 6.88. The second-order valence-corrected chi connectivity index (χ2v) is 7.86. The average Bonchev–Trinajstić information content (AvgIpc) is 3.31. The third kappa shape index (κ3) is 4.08. The summed E-state index contributed by atoms with van der Waals surface area (Å²) >= 11 is 1.68. The number of carbonyl (C=O) groups is 2. The van der Waals surface area contributed by atoms with Crippen LogP contribution in [0.3, 0.4) is 0 Å². The van der Waals surface area contributed by atoms with Gasteiger partial charge in [-0.2, -0.15) is 0 Å². The molecule has 0 aliphatic rings. The van der Waals surface area contributed by atoms with Crippen molar-refractivity contribution < 1.29 is 19.6 Å². The molecule has 1 aromatic carbocycles. The van der Waals surface area contributed by atoms with Crippen LogP contribution in [0.15, 0.2) is 41.8 Å². The Bertz CT molecular complexity index is 972. The topological polar surface area (TPSA) is 75.8 Å². The average molecular weight is 398 g/mol. The zero-order valence-electron chi connectivity index (χ0n) is 16.5. The van der Waals surface area contributed by atoms with Crippen molar-refractivity contribution in [2.75, 3.05) is 13.7 Å². The van der Waals surface area contributed by atoms with E-state index < -0.39 is 5.97 Å². The summed E-state index contributed by atoms with van der Waals surface area (Å²) in [6, 6.07) is 12.6. The Hall–Kier alpha value is -2.70. The molecule has 2 heterocycles. The number of methoxy groups -OCH3 is 1. The number of hydrogen-bond acceptors (Lipinski definition) is 4. The fourth-order valence-electron chi connectivity index (χ4n) is 3.42. The molecule has 0 saturated carbocycles. The molecule has 0 fully saturated rings. The van der Waals surface area contributed by atoms with Crippen molar-refractivity contribution in [1.29, 1.82) is 0 Å². The minimum Gasteiger partial charge on any atom is -0.465 e. The lowest BCUT2D eigenvalue weighted by Gasteiger charge is -2.14. The van der Waals surface area contributed by atoms with Gasteiger partial charge in [0.25, 0.3) is 0 Å². The molecule has 2 aromatic heterocycles. The van der Waals surface area contributed by atoms with Crippen LogP contribution in [0.25, 0.3) is 0 Å². The van der Waals surface area contributed by atoms with Crippen LogP contribution in [0.5, 0.6) is 0 Å². The molecule has 5 nitrogen and oxygen atoms in total. The summed E-state index contributed by atoms with van der Waals surface area (Å²) in [6.07, 6.45) is 0. The predicted molar refractivity (Wildman–Crippen MR) is 110 cm³/mol. The number of thiophene rings is 1. The molecule has 0 aliphatic carbocycles. The third-order valence-corrected chi connectivity index (χ3v) is 5.89. The molecule has 0 bridgehead atoms. The van der Waals surface area contributed by atoms with Crippen molar-refractivity contribution in [1.82, 2.24) is 4.98 Å². The fourth-order valence-corrected chi connectivity index (χ4v) is 4.27. The van der Waals surface area contributed by atoms with Gasteiger partial charge in [-0.05, 0) is 37.8 Å². The van der Waals surface area contributed by atoms with Crippen molar-refractivity contribution in [3.63, 3.8) is 0 Å². The minimum atomic E-state index is -0.426. The first-order valence-corrected chi connectivity index (χ1v) is 10.0. The molecular formula is C22H25N2O3S+. The number of aromatic amines is 1. The molecule has 3 rings (SSSR count). The Balaban J connectivity index is 1.81. The first-order valence-electron chi connectivity index (χ1n) is 9.16. The number of nitrogens with two attached hydrogens (primary N) is 1. The van der Waals surface area contributed by atoms with Crippen molar-refractivity contribution in [3.05, 3.63) is 80.3 Å². The highest BCUT2D eigenvalue weighted by molar-refractivity contribution is 7.10. The first kappa shape index (κ1) is 20.0. The molecule has 0 radical (unpaired) electrons. The summed E-state index contributed by atoms with van der Waals surface area (Å²) in [4.78, 5) is 29.1. The van der Waals surface area contributed by atoms with Gasteiger partial charge >= 0.3 is 5.97 Å². The molecular weight excluding hydrogens is 372 g/mol. The fraction of sp³-hybridized carbons (Fsp3) is 0.273. The number of nitrogens with one attached hydrogen (secondary N) is 1. The van der Waals surface area contributed by atoms with Gasteiger partial charge in [0.05, 0.1) is 23.2 Å². The standard InChI is InChI=1S/C22H24N2O3S/c1-13-7-9-16(10-8-13)21(18-6-5-11-28-18)23-12-17(25)20-14(2)19(15(3)24-20)22(26)27-4/h5-11,21,23-24H,12H2,1-4H3/p+1/t21-/m0/s1. The van der Waals surface area contributed by atoms with Gasteiger partial charge in [0, 0.05) is 11.3 Å². The van der Waals surface area contributed by atoms with E-state index >= 15 is 0 Å². The predicted octanol–water partition coefficient (Wildman–Crippen LogP) is 3.32. The highest BCUT2D eigenvalue weighted by atomic mass is 32.1. The molecule has 3 aromatic rings. The Kier molecular flexibility index (Phi) is 6.11. The summed E-state index contributed by atoms with van der Waals surface area (Å²) < 4.78 is 4.83. The van der Waals surface area contributed by atoms with E-state index in [1.807, 2.05) is 16.8 Å². The van der Waals surface area contributed by atoms with Crippen LogP contribution in [-0.4, -0.2) is 30.4 Å². The number of aromatic nitrogens is 1. The lowest BCUT2D eigenvalue weighted by Crippen LogP contribution is -2.87. The number of Topliss-reactive ketones (excluding diaryl/α,β-unsaturated/α-hetero) is 1. The number of quaternary nitrogens is 1.